The van der Waals surface area contributed by atoms with E-state index < -0.39 is 5.76 Å². The summed E-state index contributed by atoms with van der Waals surface area (Å²) in [6.45, 7) is 2.28. The lowest BCUT2D eigenvalue weighted by Gasteiger charge is -2.08. The highest BCUT2D eigenvalue weighted by atomic mass is 16.4. The highest BCUT2D eigenvalue weighted by Gasteiger charge is 2.12. The third-order valence-electron chi connectivity index (χ3n) is 3.74. The molecule has 0 fully saturated rings. The molecule has 0 radical (unpaired) electrons. The first-order chi connectivity index (χ1) is 10.6. The number of benzene rings is 2. The van der Waals surface area contributed by atoms with E-state index >= 15 is 0 Å². The molecule has 112 valence electrons. The van der Waals surface area contributed by atoms with Gasteiger partial charge in [0, 0.05) is 12.1 Å². The van der Waals surface area contributed by atoms with Gasteiger partial charge in [-0.2, -0.15) is 0 Å². The average Bonchev–Trinajstić information content (AvgIpc) is 2.83. The number of hydrogen-bond acceptors (Lipinski definition) is 4. The summed E-state index contributed by atoms with van der Waals surface area (Å²) in [5.74, 6) is -0.506. The number of carbonyl (C=O) groups excluding carboxylic acids is 1. The van der Waals surface area contributed by atoms with Crippen LogP contribution in [0.15, 0.2) is 51.7 Å². The van der Waals surface area contributed by atoms with Crippen molar-refractivity contribution in [3.05, 3.63) is 69.7 Å². The van der Waals surface area contributed by atoms with Crippen LogP contribution in [-0.2, 0) is 13.1 Å². The summed E-state index contributed by atoms with van der Waals surface area (Å²) in [7, 11) is 0. The summed E-state index contributed by atoms with van der Waals surface area (Å²) in [5.41, 5.74) is 9.31. The molecule has 0 unspecified atom stereocenters. The minimum atomic E-state index is -0.442. The Kier molecular flexibility index (Phi) is 3.65. The van der Waals surface area contributed by atoms with Crippen molar-refractivity contribution in [3.63, 3.8) is 0 Å². The summed E-state index contributed by atoms with van der Waals surface area (Å²) >= 11 is 0. The van der Waals surface area contributed by atoms with Crippen LogP contribution in [0.2, 0.25) is 0 Å². The maximum atomic E-state index is 12.1. The zero-order valence-corrected chi connectivity index (χ0v) is 12.2. The zero-order chi connectivity index (χ0) is 15.7. The molecule has 5 nitrogen and oxygen atoms in total. The molecule has 22 heavy (non-hydrogen) atoms. The maximum absolute atomic E-state index is 12.1. The number of hydrogen-bond donors (Lipinski definition) is 1. The fourth-order valence-electron chi connectivity index (χ4n) is 2.52. The molecular formula is C17H16N2O3. The number of aromatic nitrogens is 1. The van der Waals surface area contributed by atoms with E-state index in [4.69, 9.17) is 10.2 Å². The minimum absolute atomic E-state index is 0.0641. The van der Waals surface area contributed by atoms with Crippen molar-refractivity contribution in [2.75, 3.05) is 0 Å². The van der Waals surface area contributed by atoms with Crippen LogP contribution in [0.5, 0.6) is 0 Å². The third kappa shape index (κ3) is 2.46. The molecule has 0 saturated carbocycles. The fourth-order valence-corrected chi connectivity index (χ4v) is 2.52. The lowest BCUT2D eigenvalue weighted by Crippen LogP contribution is -2.16. The molecule has 3 rings (SSSR count). The number of rotatable bonds is 4. The van der Waals surface area contributed by atoms with Gasteiger partial charge in [0.15, 0.2) is 11.4 Å². The largest absolute Gasteiger partial charge is 0.420 e. The lowest BCUT2D eigenvalue weighted by molar-refractivity contribution is 0.101. The molecule has 0 aliphatic rings. The number of oxazole rings is 1. The maximum Gasteiger partial charge on any atom is 0.420 e. The number of nitrogens with two attached hydrogens (primary N) is 1. The van der Waals surface area contributed by atoms with Crippen LogP contribution in [0.3, 0.4) is 0 Å². The Morgan fingerprint density at radius 2 is 1.91 bits per heavy atom. The van der Waals surface area contributed by atoms with Crippen LogP contribution >= 0.6 is 0 Å². The SMILES string of the molecule is CC(=O)c1ccc2c(c1)oc(=O)n2Cc1ccccc1CN. The second-order valence-corrected chi connectivity index (χ2v) is 5.17. The topological polar surface area (TPSA) is 78.2 Å². The molecule has 1 heterocycles. The van der Waals surface area contributed by atoms with Crippen LogP contribution in [0.4, 0.5) is 0 Å². The van der Waals surface area contributed by atoms with Crippen molar-refractivity contribution in [1.29, 1.82) is 0 Å². The molecule has 0 bridgehead atoms. The standard InChI is InChI=1S/C17H16N2O3/c1-11(20)12-6-7-15-16(8-12)22-17(21)19(15)10-14-5-3-2-4-13(14)9-18/h2-8H,9-10,18H2,1H3. The molecule has 5 heteroatoms. The van der Waals surface area contributed by atoms with Crippen LogP contribution in [0.25, 0.3) is 11.1 Å². The summed E-state index contributed by atoms with van der Waals surface area (Å²) < 4.78 is 6.81. The van der Waals surface area contributed by atoms with Gasteiger partial charge in [0.25, 0.3) is 0 Å². The van der Waals surface area contributed by atoms with Crippen molar-refractivity contribution < 1.29 is 9.21 Å². The Morgan fingerprint density at radius 1 is 1.18 bits per heavy atom. The van der Waals surface area contributed by atoms with E-state index in [1.807, 2.05) is 24.3 Å². The highest BCUT2D eigenvalue weighted by Crippen LogP contribution is 2.18. The average molecular weight is 296 g/mol. The molecule has 0 aliphatic carbocycles. The smallest absolute Gasteiger partial charge is 0.408 e. The Bertz CT molecular complexity index is 906. The first-order valence-electron chi connectivity index (χ1n) is 7.01. The van der Waals surface area contributed by atoms with Gasteiger partial charge in [0.1, 0.15) is 0 Å². The van der Waals surface area contributed by atoms with E-state index in [1.165, 1.54) is 6.92 Å². The van der Waals surface area contributed by atoms with E-state index in [-0.39, 0.29) is 5.78 Å². The minimum Gasteiger partial charge on any atom is -0.408 e. The normalized spacial score (nSPS) is 11.0. The van der Waals surface area contributed by atoms with Crippen LogP contribution in [-0.4, -0.2) is 10.4 Å². The van der Waals surface area contributed by atoms with Gasteiger partial charge < -0.3 is 10.2 Å². The van der Waals surface area contributed by atoms with Gasteiger partial charge in [-0.25, -0.2) is 4.79 Å². The van der Waals surface area contributed by atoms with Gasteiger partial charge in [-0.1, -0.05) is 24.3 Å². The quantitative estimate of drug-likeness (QED) is 0.749. The molecule has 0 atom stereocenters. The van der Waals surface area contributed by atoms with Crippen LogP contribution < -0.4 is 11.5 Å². The number of ketones is 1. The zero-order valence-electron chi connectivity index (χ0n) is 12.2. The van der Waals surface area contributed by atoms with Crippen molar-refractivity contribution in [1.82, 2.24) is 4.57 Å². The van der Waals surface area contributed by atoms with Crippen molar-refractivity contribution >= 4 is 16.9 Å². The molecule has 2 aromatic carbocycles. The molecule has 0 saturated heterocycles. The van der Waals surface area contributed by atoms with E-state index in [9.17, 15) is 9.59 Å². The van der Waals surface area contributed by atoms with Gasteiger partial charge in [0.2, 0.25) is 0 Å². The Morgan fingerprint density at radius 3 is 2.59 bits per heavy atom. The third-order valence-corrected chi connectivity index (χ3v) is 3.74. The second-order valence-electron chi connectivity index (χ2n) is 5.17. The molecule has 0 spiro atoms. The molecule has 2 N–H and O–H groups in total. The van der Waals surface area contributed by atoms with E-state index in [0.29, 0.717) is 29.8 Å². The summed E-state index contributed by atoms with van der Waals surface area (Å²) in [4.78, 5) is 23.5. The molecular weight excluding hydrogens is 280 g/mol. The van der Waals surface area contributed by atoms with Crippen molar-refractivity contribution in [3.8, 4) is 0 Å². The number of carbonyl (C=O) groups is 1. The molecule has 1 aromatic heterocycles. The van der Waals surface area contributed by atoms with Gasteiger partial charge in [-0.15, -0.1) is 0 Å². The van der Waals surface area contributed by atoms with E-state index in [0.717, 1.165) is 11.1 Å². The first kappa shape index (κ1) is 14.3. The predicted octanol–water partition coefficient (Wildman–Crippen LogP) is 2.30. The van der Waals surface area contributed by atoms with Gasteiger partial charge in [0.05, 0.1) is 12.1 Å². The summed E-state index contributed by atoms with van der Waals surface area (Å²) in [5, 5.41) is 0. The first-order valence-corrected chi connectivity index (χ1v) is 7.01. The molecule has 0 aliphatic heterocycles. The number of fused-ring (bicyclic) bond motifs is 1. The Hall–Kier alpha value is -2.66. The highest BCUT2D eigenvalue weighted by molar-refractivity contribution is 5.96. The van der Waals surface area contributed by atoms with E-state index in [1.54, 1.807) is 22.8 Å². The van der Waals surface area contributed by atoms with Gasteiger partial charge >= 0.3 is 5.76 Å². The summed E-state index contributed by atoms with van der Waals surface area (Å²) in [6, 6.07) is 12.8. The Labute approximate surface area is 127 Å². The Balaban J connectivity index is 2.09. The van der Waals surface area contributed by atoms with Gasteiger partial charge in [-0.05, 0) is 36.2 Å². The van der Waals surface area contributed by atoms with Crippen LogP contribution in [0.1, 0.15) is 28.4 Å². The number of Topliss-reactive ketones (excluding diaryl/α,β-unsaturated/α-hetero) is 1. The van der Waals surface area contributed by atoms with Gasteiger partial charge in [-0.3, -0.25) is 9.36 Å². The molecule has 0 amide bonds. The monoisotopic (exact) mass is 296 g/mol. The second kappa shape index (κ2) is 5.61. The summed E-state index contributed by atoms with van der Waals surface area (Å²) in [6.07, 6.45) is 0. The van der Waals surface area contributed by atoms with Crippen LogP contribution in [0, 0.1) is 0 Å². The fraction of sp³-hybridized carbons (Fsp3) is 0.176. The molecule has 3 aromatic rings. The van der Waals surface area contributed by atoms with E-state index in [2.05, 4.69) is 0 Å². The predicted molar refractivity (Wildman–Crippen MR) is 83.9 cm³/mol. The van der Waals surface area contributed by atoms with Crippen molar-refractivity contribution in [2.24, 2.45) is 5.73 Å². The number of nitrogens with zero attached hydrogens (tertiary/aromatic N) is 1. The van der Waals surface area contributed by atoms with Crippen molar-refractivity contribution in [2.45, 2.75) is 20.0 Å². The lowest BCUT2D eigenvalue weighted by atomic mass is 10.1.